The van der Waals surface area contributed by atoms with Crippen LogP contribution in [0.5, 0.6) is 0 Å². The first-order valence-corrected chi connectivity index (χ1v) is 13.1. The molecule has 0 saturated carbocycles. The second kappa shape index (κ2) is 11.4. The van der Waals surface area contributed by atoms with Crippen molar-refractivity contribution >= 4 is 11.5 Å². The molecule has 6 heteroatoms. The number of fused-ring (bicyclic) bond motifs is 1. The fraction of sp³-hybridized carbons (Fsp3) is 0.323. The molecule has 5 rings (SSSR count). The molecular formula is C31H33N5O. The van der Waals surface area contributed by atoms with Gasteiger partial charge in [0.25, 0.3) is 5.91 Å². The molecule has 188 valence electrons. The Labute approximate surface area is 219 Å². The van der Waals surface area contributed by atoms with Gasteiger partial charge in [0.05, 0.1) is 23.7 Å². The van der Waals surface area contributed by atoms with Crippen molar-refractivity contribution in [1.29, 1.82) is 5.26 Å². The summed E-state index contributed by atoms with van der Waals surface area (Å²) in [7, 11) is 0. The number of nitrogens with zero attached hydrogens (tertiary/aromatic N) is 5. The molecule has 0 N–H and O–H groups in total. The molecule has 6 nitrogen and oxygen atoms in total. The molecule has 3 aromatic rings. The number of aryl methyl sites for hydroxylation is 1. The van der Waals surface area contributed by atoms with Gasteiger partial charge < -0.3 is 9.47 Å². The number of hydrogen-bond donors (Lipinski definition) is 0. The van der Waals surface area contributed by atoms with Gasteiger partial charge in [-0.15, -0.1) is 0 Å². The van der Waals surface area contributed by atoms with Crippen LogP contribution in [0.1, 0.15) is 46.9 Å². The lowest BCUT2D eigenvalue weighted by Crippen LogP contribution is -2.48. The van der Waals surface area contributed by atoms with E-state index in [2.05, 4.69) is 51.7 Å². The van der Waals surface area contributed by atoms with Crippen LogP contribution in [0.15, 0.2) is 73.2 Å². The fourth-order valence-electron chi connectivity index (χ4n) is 5.27. The van der Waals surface area contributed by atoms with Gasteiger partial charge in [0.1, 0.15) is 0 Å². The molecule has 0 spiro atoms. The van der Waals surface area contributed by atoms with Gasteiger partial charge in [-0.3, -0.25) is 9.69 Å². The third kappa shape index (κ3) is 5.58. The molecule has 1 aliphatic heterocycles. The molecule has 0 bridgehead atoms. The minimum atomic E-state index is 0.131. The number of benzene rings is 2. The number of amides is 1. The predicted molar refractivity (Wildman–Crippen MR) is 146 cm³/mol. The van der Waals surface area contributed by atoms with Gasteiger partial charge in [-0.1, -0.05) is 55.8 Å². The number of rotatable bonds is 7. The zero-order valence-electron chi connectivity index (χ0n) is 21.4. The highest BCUT2D eigenvalue weighted by Gasteiger charge is 2.26. The Hall–Kier alpha value is -3.95. The predicted octanol–water partition coefficient (Wildman–Crippen LogP) is 4.60. The van der Waals surface area contributed by atoms with E-state index in [1.54, 1.807) is 0 Å². The first-order valence-electron chi connectivity index (χ1n) is 13.1. The van der Waals surface area contributed by atoms with E-state index in [9.17, 15) is 4.79 Å². The van der Waals surface area contributed by atoms with Crippen molar-refractivity contribution in [2.45, 2.75) is 39.3 Å². The summed E-state index contributed by atoms with van der Waals surface area (Å²) in [4.78, 5) is 22.4. The molecule has 1 saturated heterocycles. The number of imidazole rings is 1. The molecule has 1 aromatic heterocycles. The monoisotopic (exact) mass is 491 g/mol. The first-order chi connectivity index (χ1) is 18.2. The SMILES string of the molecule is CCCc1cccc2c1CC=CC=C2C(=O)N1CCN(Cc2cncn2Cc2ccc(C#N)cc2)CC1. The van der Waals surface area contributed by atoms with Gasteiger partial charge in [0.15, 0.2) is 0 Å². The Morgan fingerprint density at radius 2 is 1.86 bits per heavy atom. The Bertz CT molecular complexity index is 1350. The number of piperazine rings is 1. The number of carbonyl (C=O) groups excluding carboxylic acids is 1. The molecule has 0 radical (unpaired) electrons. The van der Waals surface area contributed by atoms with Crippen LogP contribution in [0.2, 0.25) is 0 Å². The number of allylic oxidation sites excluding steroid dienone is 3. The van der Waals surface area contributed by atoms with Gasteiger partial charge in [-0.25, -0.2) is 4.98 Å². The second-order valence-electron chi connectivity index (χ2n) is 9.80. The van der Waals surface area contributed by atoms with Crippen LogP contribution in [-0.2, 0) is 30.7 Å². The Balaban J connectivity index is 1.22. The molecule has 2 aromatic carbocycles. The molecule has 37 heavy (non-hydrogen) atoms. The Kier molecular flexibility index (Phi) is 7.62. The summed E-state index contributed by atoms with van der Waals surface area (Å²) in [5, 5.41) is 9.02. The van der Waals surface area contributed by atoms with Crippen LogP contribution in [0.25, 0.3) is 5.57 Å². The average Bonchev–Trinajstić information content (AvgIpc) is 3.23. The largest absolute Gasteiger partial charge is 0.336 e. The van der Waals surface area contributed by atoms with Gasteiger partial charge in [0, 0.05) is 51.0 Å². The third-order valence-electron chi connectivity index (χ3n) is 7.31. The molecular weight excluding hydrogens is 458 g/mol. The van der Waals surface area contributed by atoms with Crippen molar-refractivity contribution < 1.29 is 4.79 Å². The second-order valence-corrected chi connectivity index (χ2v) is 9.80. The lowest BCUT2D eigenvalue weighted by molar-refractivity contribution is -0.126. The normalized spacial score (nSPS) is 15.6. The van der Waals surface area contributed by atoms with E-state index in [0.717, 1.165) is 67.8 Å². The van der Waals surface area contributed by atoms with E-state index in [-0.39, 0.29) is 5.91 Å². The van der Waals surface area contributed by atoms with Crippen molar-refractivity contribution in [3.05, 3.63) is 107 Å². The number of aromatic nitrogens is 2. The summed E-state index contributed by atoms with van der Waals surface area (Å²) in [6.45, 7) is 6.82. The maximum absolute atomic E-state index is 13.6. The maximum atomic E-state index is 13.6. The molecule has 0 unspecified atom stereocenters. The van der Waals surface area contributed by atoms with Crippen LogP contribution in [0, 0.1) is 11.3 Å². The Morgan fingerprint density at radius 1 is 1.05 bits per heavy atom. The lowest BCUT2D eigenvalue weighted by atomic mass is 9.91. The molecule has 1 fully saturated rings. The highest BCUT2D eigenvalue weighted by atomic mass is 16.2. The summed E-state index contributed by atoms with van der Waals surface area (Å²) < 4.78 is 2.16. The summed E-state index contributed by atoms with van der Waals surface area (Å²) in [5.41, 5.74) is 7.52. The highest BCUT2D eigenvalue weighted by molar-refractivity contribution is 6.20. The van der Waals surface area contributed by atoms with Crippen molar-refractivity contribution in [3.8, 4) is 6.07 Å². The first kappa shape index (κ1) is 24.7. The van der Waals surface area contributed by atoms with Crippen LogP contribution in [0.4, 0.5) is 0 Å². The maximum Gasteiger partial charge on any atom is 0.254 e. The molecule has 1 amide bonds. The molecule has 1 aliphatic carbocycles. The zero-order valence-corrected chi connectivity index (χ0v) is 21.4. The smallest absolute Gasteiger partial charge is 0.254 e. The lowest BCUT2D eigenvalue weighted by Gasteiger charge is -2.35. The number of nitriles is 1. The van der Waals surface area contributed by atoms with Gasteiger partial charge >= 0.3 is 0 Å². The Morgan fingerprint density at radius 3 is 2.62 bits per heavy atom. The van der Waals surface area contributed by atoms with Crippen molar-refractivity contribution in [3.63, 3.8) is 0 Å². The van der Waals surface area contributed by atoms with Crippen molar-refractivity contribution in [1.82, 2.24) is 19.4 Å². The quantitative estimate of drug-likeness (QED) is 0.485. The summed E-state index contributed by atoms with van der Waals surface area (Å²) in [6, 6.07) is 16.3. The topological polar surface area (TPSA) is 65.2 Å². The van der Waals surface area contributed by atoms with Crippen molar-refractivity contribution in [2.75, 3.05) is 26.2 Å². The van der Waals surface area contributed by atoms with E-state index >= 15 is 0 Å². The van der Waals surface area contributed by atoms with Gasteiger partial charge in [-0.2, -0.15) is 5.26 Å². The van der Waals surface area contributed by atoms with Gasteiger partial charge in [-0.05, 0) is 53.3 Å². The summed E-state index contributed by atoms with van der Waals surface area (Å²) in [6.07, 6.45) is 13.0. The number of carbonyl (C=O) groups is 1. The number of hydrogen-bond acceptors (Lipinski definition) is 4. The van der Waals surface area contributed by atoms with Gasteiger partial charge in [0.2, 0.25) is 0 Å². The standard InChI is InChI=1S/C31H33N5O/c1-2-6-26-7-5-10-29-28(26)8-3-4-9-30(29)31(37)35-17-15-34(16-18-35)22-27-20-33-23-36(27)21-25-13-11-24(19-32)12-14-25/h3-5,7,9-14,20,23H,2,6,8,15-18,21-22H2,1H3. The van der Waals surface area contributed by atoms with E-state index in [1.165, 1.54) is 11.1 Å². The fourth-order valence-corrected chi connectivity index (χ4v) is 5.27. The zero-order chi connectivity index (χ0) is 25.6. The van der Waals surface area contributed by atoms with E-state index in [0.29, 0.717) is 18.7 Å². The third-order valence-corrected chi connectivity index (χ3v) is 7.31. The van der Waals surface area contributed by atoms with E-state index < -0.39 is 0 Å². The van der Waals surface area contributed by atoms with E-state index in [4.69, 9.17) is 5.26 Å². The van der Waals surface area contributed by atoms with E-state index in [1.807, 2.05) is 53.8 Å². The van der Waals surface area contributed by atoms with Crippen LogP contribution < -0.4 is 0 Å². The van der Waals surface area contributed by atoms with Crippen LogP contribution >= 0.6 is 0 Å². The summed E-state index contributed by atoms with van der Waals surface area (Å²) >= 11 is 0. The van der Waals surface area contributed by atoms with Crippen LogP contribution in [-0.4, -0.2) is 51.4 Å². The highest BCUT2D eigenvalue weighted by Crippen LogP contribution is 2.28. The molecule has 2 aliphatic rings. The molecule has 2 heterocycles. The average molecular weight is 492 g/mol. The van der Waals surface area contributed by atoms with Crippen LogP contribution in [0.3, 0.4) is 0 Å². The molecule has 0 atom stereocenters. The van der Waals surface area contributed by atoms with Crippen molar-refractivity contribution in [2.24, 2.45) is 0 Å². The minimum Gasteiger partial charge on any atom is -0.336 e. The summed E-state index contributed by atoms with van der Waals surface area (Å²) in [5.74, 6) is 0.131. The minimum absolute atomic E-state index is 0.131.